The van der Waals surface area contributed by atoms with Gasteiger partial charge in [0.15, 0.2) is 0 Å². The van der Waals surface area contributed by atoms with Gasteiger partial charge in [-0.2, -0.15) is 0 Å². The third kappa shape index (κ3) is 2.82. The van der Waals surface area contributed by atoms with Crippen LogP contribution in [0.15, 0.2) is 24.8 Å². The molecule has 0 N–H and O–H groups in total. The Morgan fingerprint density at radius 2 is 2.13 bits per heavy atom. The molecule has 15 heavy (non-hydrogen) atoms. The molecule has 0 fully saturated rings. The summed E-state index contributed by atoms with van der Waals surface area (Å²) in [6.07, 6.45) is 3.14. The van der Waals surface area contributed by atoms with Crippen molar-refractivity contribution in [3.05, 3.63) is 46.8 Å². The molecule has 0 aliphatic rings. The van der Waals surface area contributed by atoms with Crippen LogP contribution in [-0.2, 0) is 6.42 Å². The predicted molar refractivity (Wildman–Crippen MR) is 64.0 cm³/mol. The van der Waals surface area contributed by atoms with Crippen molar-refractivity contribution < 1.29 is 4.39 Å². The summed E-state index contributed by atoms with van der Waals surface area (Å²) in [4.78, 5) is 0. The van der Waals surface area contributed by atoms with Crippen molar-refractivity contribution in [3.8, 4) is 0 Å². The molecule has 0 spiro atoms. The lowest BCUT2D eigenvalue weighted by Gasteiger charge is -2.12. The Labute approximate surface area is 95.8 Å². The molecule has 0 radical (unpaired) electrons. The first-order chi connectivity index (χ1) is 7.07. The molecule has 0 aliphatic heterocycles. The molecule has 0 heterocycles. The Morgan fingerprint density at radius 3 is 2.67 bits per heavy atom. The third-order valence-electron chi connectivity index (χ3n) is 2.44. The Kier molecular flexibility index (Phi) is 4.34. The molecule has 0 nitrogen and oxygen atoms in total. The average molecular weight is 227 g/mol. The van der Waals surface area contributed by atoms with Crippen LogP contribution in [0.2, 0.25) is 5.02 Å². The van der Waals surface area contributed by atoms with Crippen molar-refractivity contribution in [2.75, 3.05) is 0 Å². The largest absolute Gasteiger partial charge is 0.206 e. The fraction of sp³-hybridized carbons (Fsp3) is 0.385. The highest BCUT2D eigenvalue weighted by Crippen LogP contribution is 2.27. The van der Waals surface area contributed by atoms with E-state index < -0.39 is 0 Å². The molecule has 0 aromatic heterocycles. The van der Waals surface area contributed by atoms with E-state index in [2.05, 4.69) is 6.58 Å². The van der Waals surface area contributed by atoms with Gasteiger partial charge in [-0.15, -0.1) is 6.58 Å². The quantitative estimate of drug-likeness (QED) is 0.652. The predicted octanol–water partition coefficient (Wildman–Crippen LogP) is 4.72. The highest BCUT2D eigenvalue weighted by Gasteiger charge is 2.13. The van der Waals surface area contributed by atoms with Crippen LogP contribution < -0.4 is 0 Å². The number of allylic oxidation sites excluding steroid dienone is 1. The summed E-state index contributed by atoms with van der Waals surface area (Å²) in [7, 11) is 0. The lowest BCUT2D eigenvalue weighted by atomic mass is 9.98. The first-order valence-corrected chi connectivity index (χ1v) is 5.53. The second-order valence-corrected chi connectivity index (χ2v) is 4.32. The molecule has 1 aromatic rings. The van der Waals surface area contributed by atoms with E-state index >= 15 is 0 Å². The van der Waals surface area contributed by atoms with E-state index in [4.69, 9.17) is 11.6 Å². The summed E-state index contributed by atoms with van der Waals surface area (Å²) < 4.78 is 14.0. The minimum absolute atomic E-state index is 0.153. The van der Waals surface area contributed by atoms with Crippen LogP contribution in [0.1, 0.15) is 37.3 Å². The number of hydrogen-bond donors (Lipinski definition) is 0. The maximum absolute atomic E-state index is 14.0. The van der Waals surface area contributed by atoms with Crippen LogP contribution in [0.3, 0.4) is 0 Å². The average Bonchev–Trinajstić information content (AvgIpc) is 2.17. The monoisotopic (exact) mass is 226 g/mol. The lowest BCUT2D eigenvalue weighted by Crippen LogP contribution is -1.99. The molecule has 1 rings (SSSR count). The van der Waals surface area contributed by atoms with Gasteiger partial charge < -0.3 is 0 Å². The Bertz CT molecular complexity index is 356. The van der Waals surface area contributed by atoms with Gasteiger partial charge in [0.25, 0.3) is 0 Å². The maximum atomic E-state index is 14.0. The topological polar surface area (TPSA) is 0 Å². The van der Waals surface area contributed by atoms with Crippen molar-refractivity contribution >= 4 is 11.6 Å². The highest BCUT2D eigenvalue weighted by molar-refractivity contribution is 6.31. The molecule has 0 amide bonds. The number of hydrogen-bond acceptors (Lipinski definition) is 0. The van der Waals surface area contributed by atoms with E-state index in [-0.39, 0.29) is 11.7 Å². The summed E-state index contributed by atoms with van der Waals surface area (Å²) in [5.74, 6) is 0.0316. The molecule has 82 valence electrons. The van der Waals surface area contributed by atoms with E-state index in [1.165, 1.54) is 0 Å². The maximum Gasteiger partial charge on any atom is 0.131 e. The Hall–Kier alpha value is -0.820. The fourth-order valence-electron chi connectivity index (χ4n) is 1.54. The normalized spacial score (nSPS) is 10.7. The van der Waals surface area contributed by atoms with Crippen LogP contribution in [0.25, 0.3) is 0 Å². The van der Waals surface area contributed by atoms with E-state index in [9.17, 15) is 4.39 Å². The first-order valence-electron chi connectivity index (χ1n) is 5.15. The zero-order chi connectivity index (χ0) is 11.4. The SMILES string of the molecule is C=CCCc1c(Cl)ccc(C(C)C)c1F. The van der Waals surface area contributed by atoms with E-state index in [1.54, 1.807) is 18.2 Å². The Morgan fingerprint density at radius 1 is 1.47 bits per heavy atom. The van der Waals surface area contributed by atoms with Gasteiger partial charge in [0.05, 0.1) is 0 Å². The second kappa shape index (κ2) is 5.32. The lowest BCUT2D eigenvalue weighted by molar-refractivity contribution is 0.582. The van der Waals surface area contributed by atoms with Gasteiger partial charge in [0.2, 0.25) is 0 Å². The molecule has 2 heteroatoms. The van der Waals surface area contributed by atoms with E-state index in [0.29, 0.717) is 17.0 Å². The zero-order valence-electron chi connectivity index (χ0n) is 9.19. The second-order valence-electron chi connectivity index (χ2n) is 3.91. The summed E-state index contributed by atoms with van der Waals surface area (Å²) in [5.41, 5.74) is 1.35. The molecule has 0 saturated heterocycles. The van der Waals surface area contributed by atoms with Crippen molar-refractivity contribution in [2.24, 2.45) is 0 Å². The molecular weight excluding hydrogens is 211 g/mol. The van der Waals surface area contributed by atoms with E-state index in [0.717, 1.165) is 12.0 Å². The molecular formula is C13H16ClF. The van der Waals surface area contributed by atoms with Gasteiger partial charge in [-0.05, 0) is 30.4 Å². The van der Waals surface area contributed by atoms with Crippen LogP contribution in [0, 0.1) is 5.82 Å². The number of rotatable bonds is 4. The van der Waals surface area contributed by atoms with Gasteiger partial charge in [0, 0.05) is 10.6 Å². The zero-order valence-corrected chi connectivity index (χ0v) is 9.94. The molecule has 0 saturated carbocycles. The highest BCUT2D eigenvalue weighted by atomic mass is 35.5. The molecule has 0 aliphatic carbocycles. The number of benzene rings is 1. The molecule has 0 bridgehead atoms. The molecule has 0 atom stereocenters. The first kappa shape index (κ1) is 12.3. The Balaban J connectivity index is 3.11. The summed E-state index contributed by atoms with van der Waals surface area (Å²) in [5, 5.41) is 0.513. The fourth-order valence-corrected chi connectivity index (χ4v) is 1.78. The van der Waals surface area contributed by atoms with Gasteiger partial charge in [0.1, 0.15) is 5.82 Å². The van der Waals surface area contributed by atoms with Crippen LogP contribution in [0.5, 0.6) is 0 Å². The summed E-state index contributed by atoms with van der Waals surface area (Å²) in [6.45, 7) is 7.58. The minimum Gasteiger partial charge on any atom is -0.206 e. The molecule has 0 unspecified atom stereocenters. The van der Waals surface area contributed by atoms with Gasteiger partial charge in [-0.25, -0.2) is 4.39 Å². The smallest absolute Gasteiger partial charge is 0.131 e. The standard InChI is InChI=1S/C13H16ClF/c1-4-5-6-11-12(14)8-7-10(9(2)3)13(11)15/h4,7-9H,1,5-6H2,2-3H3. The van der Waals surface area contributed by atoms with Crippen molar-refractivity contribution in [3.63, 3.8) is 0 Å². The van der Waals surface area contributed by atoms with Gasteiger partial charge in [-0.1, -0.05) is 37.6 Å². The van der Waals surface area contributed by atoms with Gasteiger partial charge >= 0.3 is 0 Å². The van der Waals surface area contributed by atoms with Crippen molar-refractivity contribution in [2.45, 2.75) is 32.6 Å². The van der Waals surface area contributed by atoms with E-state index in [1.807, 2.05) is 13.8 Å². The van der Waals surface area contributed by atoms with Crippen molar-refractivity contribution in [1.82, 2.24) is 0 Å². The van der Waals surface area contributed by atoms with Crippen molar-refractivity contribution in [1.29, 1.82) is 0 Å². The minimum atomic E-state index is -0.153. The van der Waals surface area contributed by atoms with Crippen LogP contribution in [-0.4, -0.2) is 0 Å². The molecule has 1 aromatic carbocycles. The third-order valence-corrected chi connectivity index (χ3v) is 2.79. The number of halogens is 2. The summed E-state index contributed by atoms with van der Waals surface area (Å²) in [6, 6.07) is 3.54. The van der Waals surface area contributed by atoms with Crippen LogP contribution in [0.4, 0.5) is 4.39 Å². The van der Waals surface area contributed by atoms with Gasteiger partial charge in [-0.3, -0.25) is 0 Å². The van der Waals surface area contributed by atoms with Crippen LogP contribution >= 0.6 is 11.6 Å². The summed E-state index contributed by atoms with van der Waals surface area (Å²) >= 11 is 5.97.